The van der Waals surface area contributed by atoms with Crippen LogP contribution < -0.4 is 0 Å². The fraction of sp³-hybridized carbons (Fsp3) is 0.591. The van der Waals surface area contributed by atoms with Crippen molar-refractivity contribution in [3.8, 4) is 0 Å². The third-order valence-corrected chi connectivity index (χ3v) is 7.22. The average Bonchev–Trinajstić information content (AvgIpc) is 2.94. The summed E-state index contributed by atoms with van der Waals surface area (Å²) >= 11 is 0. The van der Waals surface area contributed by atoms with Gasteiger partial charge < -0.3 is 19.7 Å². The van der Waals surface area contributed by atoms with Crippen molar-refractivity contribution >= 4 is 18.5 Å². The summed E-state index contributed by atoms with van der Waals surface area (Å²) in [5, 5.41) is 20.4. The van der Waals surface area contributed by atoms with Crippen LogP contribution >= 0.6 is 0 Å². The van der Waals surface area contributed by atoms with E-state index < -0.39 is 17.4 Å². The van der Waals surface area contributed by atoms with Crippen molar-refractivity contribution in [2.24, 2.45) is 29.6 Å². The number of aliphatic hydroxyl groups is 2. The van der Waals surface area contributed by atoms with Gasteiger partial charge in [-0.1, -0.05) is 13.0 Å². The zero-order chi connectivity index (χ0) is 20.2. The van der Waals surface area contributed by atoms with Gasteiger partial charge in [-0.25, -0.2) is 0 Å². The Labute approximate surface area is 163 Å². The number of aliphatic hydroxyl groups excluding tert-OH is 1. The number of Topliss-reactive ketones (excluding diaryl/α,β-unsaturated/α-hetero) is 1. The van der Waals surface area contributed by atoms with Crippen LogP contribution in [0.15, 0.2) is 34.4 Å². The summed E-state index contributed by atoms with van der Waals surface area (Å²) in [6.45, 7) is 3.58. The first-order valence-electron chi connectivity index (χ1n) is 9.97. The lowest BCUT2D eigenvalue weighted by atomic mass is 9.49. The van der Waals surface area contributed by atoms with Gasteiger partial charge in [0.1, 0.15) is 17.5 Å². The summed E-state index contributed by atoms with van der Waals surface area (Å²) in [6, 6.07) is 0. The summed E-state index contributed by atoms with van der Waals surface area (Å²) in [6.07, 6.45) is 6.19. The molecule has 2 fully saturated rings. The Kier molecular flexibility index (Phi) is 4.67. The molecule has 0 aromatic rings. The van der Waals surface area contributed by atoms with Crippen molar-refractivity contribution in [2.45, 2.75) is 44.8 Å². The molecule has 0 aromatic heterocycles. The van der Waals surface area contributed by atoms with E-state index in [1.54, 1.807) is 0 Å². The molecule has 6 unspecified atom stereocenters. The number of allylic oxidation sites excluding steroid dienone is 4. The van der Waals surface area contributed by atoms with Crippen molar-refractivity contribution in [1.82, 2.24) is 0 Å². The van der Waals surface area contributed by atoms with Crippen molar-refractivity contribution in [3.05, 3.63) is 34.4 Å². The lowest BCUT2D eigenvalue weighted by molar-refractivity contribution is -0.153. The summed E-state index contributed by atoms with van der Waals surface area (Å²) < 4.78 is 5.13. The molecule has 0 spiro atoms. The Hall–Kier alpha value is -2.05. The van der Waals surface area contributed by atoms with Crippen LogP contribution in [0.3, 0.4) is 0 Å². The first-order chi connectivity index (χ1) is 13.4. The van der Waals surface area contributed by atoms with E-state index in [0.717, 1.165) is 23.1 Å². The van der Waals surface area contributed by atoms with Gasteiger partial charge in [0.25, 0.3) is 6.47 Å². The number of ether oxygens (including phenoxy) is 1. The minimum Gasteiger partial charge on any atom is -0.460 e. The van der Waals surface area contributed by atoms with E-state index in [2.05, 4.69) is 13.0 Å². The number of carbonyl (C=O) groups is 3. The van der Waals surface area contributed by atoms with Crippen LogP contribution in [-0.4, -0.2) is 47.1 Å². The van der Waals surface area contributed by atoms with Gasteiger partial charge in [-0.2, -0.15) is 0 Å². The maximum atomic E-state index is 13.2. The third-order valence-electron chi connectivity index (χ3n) is 7.22. The van der Waals surface area contributed by atoms with E-state index in [4.69, 9.17) is 4.74 Å². The molecule has 4 aliphatic rings. The van der Waals surface area contributed by atoms with Gasteiger partial charge in [0.2, 0.25) is 0 Å². The number of fused-ring (bicyclic) bond motifs is 6. The summed E-state index contributed by atoms with van der Waals surface area (Å²) in [5.41, 5.74) is 2.88. The van der Waals surface area contributed by atoms with Crippen LogP contribution in [0, 0.1) is 29.6 Å². The lowest BCUT2D eigenvalue weighted by Crippen LogP contribution is -2.58. The molecule has 4 rings (SSSR count). The Morgan fingerprint density at radius 1 is 1.32 bits per heavy atom. The van der Waals surface area contributed by atoms with Gasteiger partial charge in [0, 0.05) is 30.1 Å². The summed E-state index contributed by atoms with van der Waals surface area (Å²) in [4.78, 5) is 35.4. The number of ketones is 1. The topological polar surface area (TPSA) is 101 Å². The van der Waals surface area contributed by atoms with Gasteiger partial charge in [-0.15, -0.1) is 0 Å². The Balaban J connectivity index is 1.74. The predicted octanol–water partition coefficient (Wildman–Crippen LogP) is 1.51. The van der Waals surface area contributed by atoms with E-state index in [9.17, 15) is 24.6 Å². The fourth-order valence-corrected chi connectivity index (χ4v) is 5.96. The molecular formula is C22H26O6. The van der Waals surface area contributed by atoms with Gasteiger partial charge >= 0.3 is 0 Å². The molecular weight excluding hydrogens is 360 g/mol. The van der Waals surface area contributed by atoms with Gasteiger partial charge in [0.05, 0.1) is 6.61 Å². The first-order valence-corrected chi connectivity index (χ1v) is 9.97. The number of hydrogen-bond donors (Lipinski definition) is 2. The average molecular weight is 386 g/mol. The number of aldehydes is 1. The van der Waals surface area contributed by atoms with E-state index in [-0.39, 0.29) is 36.2 Å². The largest absolute Gasteiger partial charge is 0.460 e. The zero-order valence-corrected chi connectivity index (χ0v) is 16.1. The highest BCUT2D eigenvalue weighted by Crippen LogP contribution is 2.65. The molecule has 2 N–H and O–H groups in total. The van der Waals surface area contributed by atoms with Crippen LogP contribution in [0.4, 0.5) is 0 Å². The smallest absolute Gasteiger partial charge is 0.293 e. The molecule has 6 nitrogen and oxygen atoms in total. The Morgan fingerprint density at radius 3 is 2.68 bits per heavy atom. The highest BCUT2D eigenvalue weighted by Gasteiger charge is 2.62. The van der Waals surface area contributed by atoms with Crippen LogP contribution in [0.2, 0.25) is 0 Å². The van der Waals surface area contributed by atoms with E-state index in [1.807, 2.05) is 6.08 Å². The highest BCUT2D eigenvalue weighted by molar-refractivity contribution is 5.92. The van der Waals surface area contributed by atoms with Crippen LogP contribution in [-0.2, 0) is 19.1 Å². The monoisotopic (exact) mass is 386 g/mol. The maximum Gasteiger partial charge on any atom is 0.293 e. The highest BCUT2D eigenvalue weighted by atomic mass is 16.5. The minimum absolute atomic E-state index is 0.0314. The third kappa shape index (κ3) is 2.51. The molecule has 0 aromatic carbocycles. The lowest BCUT2D eigenvalue weighted by Gasteiger charge is -2.54. The maximum absolute atomic E-state index is 13.2. The predicted molar refractivity (Wildman–Crippen MR) is 99.9 cm³/mol. The molecule has 0 saturated heterocycles. The number of hydrogen-bond acceptors (Lipinski definition) is 6. The molecule has 28 heavy (non-hydrogen) atoms. The second-order valence-corrected chi connectivity index (χ2v) is 8.53. The summed E-state index contributed by atoms with van der Waals surface area (Å²) in [7, 11) is 0. The molecule has 150 valence electrons. The first kappa shape index (κ1) is 19.3. The van der Waals surface area contributed by atoms with Crippen molar-refractivity contribution < 1.29 is 29.3 Å². The van der Waals surface area contributed by atoms with E-state index in [1.165, 1.54) is 12.5 Å². The number of carbonyl (C=O) groups excluding carboxylic acids is 3. The van der Waals surface area contributed by atoms with Gasteiger partial charge in [0.15, 0.2) is 6.29 Å². The quantitative estimate of drug-likeness (QED) is 0.671. The van der Waals surface area contributed by atoms with E-state index >= 15 is 0 Å². The molecule has 0 bridgehead atoms. The van der Waals surface area contributed by atoms with Crippen molar-refractivity contribution in [2.75, 3.05) is 6.61 Å². The standard InChI is InChI=1S/C22H26O6/c1-3-12-14-6-11(28-10-25)4-5-13(14)18-15-7-17(22(2,27)9-24)16(8-23)21(26)20(15)19(12)18/h5-6,9-11,15-18,20,23,27H,3-4,7-8H2,1-2H3/t11?,15?,16?,17?,18?,20-,22?/m0/s1. The second-order valence-electron chi connectivity index (χ2n) is 8.53. The molecule has 7 atom stereocenters. The van der Waals surface area contributed by atoms with Gasteiger partial charge in [-0.3, -0.25) is 9.59 Å². The minimum atomic E-state index is -1.64. The summed E-state index contributed by atoms with van der Waals surface area (Å²) in [5.74, 6) is -1.48. The second kappa shape index (κ2) is 6.78. The normalized spacial score (nSPS) is 38.2. The molecule has 4 aliphatic carbocycles. The van der Waals surface area contributed by atoms with Crippen molar-refractivity contribution in [3.63, 3.8) is 0 Å². The number of rotatable bonds is 6. The van der Waals surface area contributed by atoms with Crippen LogP contribution in [0.25, 0.3) is 0 Å². The van der Waals surface area contributed by atoms with E-state index in [0.29, 0.717) is 25.6 Å². The van der Waals surface area contributed by atoms with Crippen molar-refractivity contribution in [1.29, 1.82) is 0 Å². The molecule has 6 heteroatoms. The molecule has 0 heterocycles. The molecule has 2 saturated carbocycles. The molecule has 0 amide bonds. The van der Waals surface area contributed by atoms with Crippen LogP contribution in [0.5, 0.6) is 0 Å². The zero-order valence-electron chi connectivity index (χ0n) is 16.1. The van der Waals surface area contributed by atoms with Gasteiger partial charge in [-0.05, 0) is 54.1 Å². The fourth-order valence-electron chi connectivity index (χ4n) is 5.96. The SMILES string of the molecule is CCC1=C2C(C3=CCC(OC=O)C=C31)C1CC(C(C)(O)C=O)C(CO)C(=O)[C@H]21. The Morgan fingerprint density at radius 2 is 2.07 bits per heavy atom. The Bertz CT molecular complexity index is 817. The molecule has 0 radical (unpaired) electrons. The van der Waals surface area contributed by atoms with Crippen LogP contribution in [0.1, 0.15) is 33.1 Å². The molecule has 0 aliphatic heterocycles.